The van der Waals surface area contributed by atoms with Crippen molar-refractivity contribution in [3.63, 3.8) is 0 Å². The second-order valence-corrected chi connectivity index (χ2v) is 10.1. The zero-order chi connectivity index (χ0) is 21.5. The summed E-state index contributed by atoms with van der Waals surface area (Å²) >= 11 is 0. The number of fused-ring (bicyclic) bond motifs is 1. The van der Waals surface area contributed by atoms with Crippen LogP contribution < -0.4 is 4.90 Å². The average Bonchev–Trinajstić information content (AvgIpc) is 3.33. The SMILES string of the molecule is CN(C)S(=O)(=O)c1ccc2c(c1)CCN2C(=O)c1ccc(CN2CCCC2=O)cc1. The van der Waals surface area contributed by atoms with Crippen LogP contribution in [0.5, 0.6) is 0 Å². The molecule has 0 aliphatic carbocycles. The van der Waals surface area contributed by atoms with Gasteiger partial charge in [-0.3, -0.25) is 9.59 Å². The number of anilines is 1. The molecule has 1 fully saturated rings. The van der Waals surface area contributed by atoms with Gasteiger partial charge in [-0.25, -0.2) is 12.7 Å². The largest absolute Gasteiger partial charge is 0.338 e. The molecule has 0 N–H and O–H groups in total. The Balaban J connectivity index is 1.51. The van der Waals surface area contributed by atoms with Gasteiger partial charge in [0.05, 0.1) is 4.90 Å². The second kappa shape index (κ2) is 7.85. The fraction of sp³-hybridized carbons (Fsp3) is 0.364. The third-order valence-corrected chi connectivity index (χ3v) is 7.53. The van der Waals surface area contributed by atoms with Crippen molar-refractivity contribution >= 4 is 27.5 Å². The maximum atomic E-state index is 13.0. The molecule has 2 aromatic carbocycles. The standard InChI is InChI=1S/C22H25N3O4S/c1-23(2)30(28,29)19-9-10-20-18(14-19)11-13-25(20)22(27)17-7-5-16(6-8-17)15-24-12-3-4-21(24)26/h5-10,14H,3-4,11-13,15H2,1-2H3. The van der Waals surface area contributed by atoms with Crippen molar-refractivity contribution in [2.75, 3.05) is 32.1 Å². The summed E-state index contributed by atoms with van der Waals surface area (Å²) in [4.78, 5) is 28.6. The van der Waals surface area contributed by atoms with E-state index in [1.54, 1.807) is 35.2 Å². The number of sulfonamides is 1. The molecule has 2 aliphatic rings. The molecule has 0 atom stereocenters. The molecule has 0 radical (unpaired) electrons. The Morgan fingerprint density at radius 2 is 1.77 bits per heavy atom. The molecule has 0 unspecified atom stereocenters. The van der Waals surface area contributed by atoms with Crippen molar-refractivity contribution in [1.82, 2.24) is 9.21 Å². The van der Waals surface area contributed by atoms with Crippen molar-refractivity contribution in [2.45, 2.75) is 30.7 Å². The summed E-state index contributed by atoms with van der Waals surface area (Å²) in [6, 6.07) is 12.3. The van der Waals surface area contributed by atoms with Crippen molar-refractivity contribution in [2.24, 2.45) is 0 Å². The fourth-order valence-corrected chi connectivity index (χ4v) is 4.91. The average molecular weight is 428 g/mol. The molecule has 2 aromatic rings. The van der Waals surface area contributed by atoms with E-state index in [-0.39, 0.29) is 16.7 Å². The summed E-state index contributed by atoms with van der Waals surface area (Å²) in [5.41, 5.74) is 3.19. The highest BCUT2D eigenvalue weighted by Crippen LogP contribution is 2.32. The Morgan fingerprint density at radius 1 is 1.03 bits per heavy atom. The highest BCUT2D eigenvalue weighted by atomic mass is 32.2. The van der Waals surface area contributed by atoms with Crippen molar-refractivity contribution in [3.8, 4) is 0 Å². The fourth-order valence-electron chi connectivity index (χ4n) is 3.96. The van der Waals surface area contributed by atoms with Crippen LogP contribution in [-0.4, -0.2) is 56.6 Å². The summed E-state index contributed by atoms with van der Waals surface area (Å²) in [7, 11) is -0.502. The lowest BCUT2D eigenvalue weighted by Crippen LogP contribution is -2.29. The van der Waals surface area contributed by atoms with Gasteiger partial charge in [0.25, 0.3) is 5.91 Å². The van der Waals surface area contributed by atoms with E-state index in [1.165, 1.54) is 18.4 Å². The number of nitrogens with zero attached hydrogens (tertiary/aromatic N) is 3. The predicted octanol–water partition coefficient (Wildman–Crippen LogP) is 2.26. The Hall–Kier alpha value is -2.71. The minimum absolute atomic E-state index is 0.110. The van der Waals surface area contributed by atoms with Crippen LogP contribution in [0.15, 0.2) is 47.4 Å². The Kier molecular flexibility index (Phi) is 5.38. The first-order valence-electron chi connectivity index (χ1n) is 10.0. The topological polar surface area (TPSA) is 78.0 Å². The van der Waals surface area contributed by atoms with Crippen LogP contribution >= 0.6 is 0 Å². The van der Waals surface area contributed by atoms with Crippen LogP contribution in [0.1, 0.15) is 34.3 Å². The molecule has 4 rings (SSSR count). The molecule has 2 aliphatic heterocycles. The monoisotopic (exact) mass is 427 g/mol. The first-order chi connectivity index (χ1) is 14.3. The third kappa shape index (κ3) is 3.73. The number of likely N-dealkylation sites (tertiary alicyclic amines) is 1. The van der Waals surface area contributed by atoms with Gasteiger partial charge in [0.2, 0.25) is 15.9 Å². The van der Waals surface area contributed by atoms with Crippen LogP contribution in [0.4, 0.5) is 5.69 Å². The molecular formula is C22H25N3O4S. The predicted molar refractivity (Wildman–Crippen MR) is 114 cm³/mol. The number of benzene rings is 2. The summed E-state index contributed by atoms with van der Waals surface area (Å²) in [6.07, 6.45) is 2.14. The van der Waals surface area contributed by atoms with Gasteiger partial charge in [-0.15, -0.1) is 0 Å². The van der Waals surface area contributed by atoms with E-state index in [9.17, 15) is 18.0 Å². The van der Waals surface area contributed by atoms with Gasteiger partial charge in [0.15, 0.2) is 0 Å². The Bertz CT molecular complexity index is 1090. The molecule has 7 nitrogen and oxygen atoms in total. The molecule has 0 bridgehead atoms. The molecule has 0 aromatic heterocycles. The van der Waals surface area contributed by atoms with E-state index in [2.05, 4.69) is 0 Å². The van der Waals surface area contributed by atoms with Crippen LogP contribution in [0.2, 0.25) is 0 Å². The van der Waals surface area contributed by atoms with E-state index in [0.29, 0.717) is 31.5 Å². The van der Waals surface area contributed by atoms with Gasteiger partial charge < -0.3 is 9.80 Å². The van der Waals surface area contributed by atoms with Crippen LogP contribution in [-0.2, 0) is 27.8 Å². The van der Waals surface area contributed by atoms with E-state index >= 15 is 0 Å². The summed E-state index contributed by atoms with van der Waals surface area (Å²) in [6.45, 7) is 1.88. The number of carbonyl (C=O) groups excluding carboxylic acids is 2. The van der Waals surface area contributed by atoms with Gasteiger partial charge in [0, 0.05) is 51.4 Å². The lowest BCUT2D eigenvalue weighted by molar-refractivity contribution is -0.128. The zero-order valence-corrected chi connectivity index (χ0v) is 18.0. The van der Waals surface area contributed by atoms with E-state index < -0.39 is 10.0 Å². The molecule has 8 heteroatoms. The number of hydrogen-bond acceptors (Lipinski definition) is 4. The number of carbonyl (C=O) groups is 2. The molecule has 2 amide bonds. The van der Waals surface area contributed by atoms with Crippen molar-refractivity contribution in [1.29, 1.82) is 0 Å². The van der Waals surface area contributed by atoms with Gasteiger partial charge >= 0.3 is 0 Å². The van der Waals surface area contributed by atoms with Crippen LogP contribution in [0.25, 0.3) is 0 Å². The molecule has 1 saturated heterocycles. The smallest absolute Gasteiger partial charge is 0.258 e. The minimum Gasteiger partial charge on any atom is -0.338 e. The summed E-state index contributed by atoms with van der Waals surface area (Å²) in [5, 5.41) is 0. The normalized spacial score (nSPS) is 16.4. The third-order valence-electron chi connectivity index (χ3n) is 5.72. The first kappa shape index (κ1) is 20.6. The molecule has 2 heterocycles. The number of hydrogen-bond donors (Lipinski definition) is 0. The van der Waals surface area contributed by atoms with Gasteiger partial charge in [-0.2, -0.15) is 0 Å². The van der Waals surface area contributed by atoms with Crippen molar-refractivity contribution in [3.05, 3.63) is 59.2 Å². The van der Waals surface area contributed by atoms with Crippen LogP contribution in [0.3, 0.4) is 0 Å². The van der Waals surface area contributed by atoms with Gasteiger partial charge in [-0.1, -0.05) is 12.1 Å². The zero-order valence-electron chi connectivity index (χ0n) is 17.2. The molecular weight excluding hydrogens is 402 g/mol. The Labute approximate surface area is 176 Å². The van der Waals surface area contributed by atoms with Gasteiger partial charge in [-0.05, 0) is 54.3 Å². The lowest BCUT2D eigenvalue weighted by atomic mass is 10.1. The summed E-state index contributed by atoms with van der Waals surface area (Å²) < 4.78 is 25.9. The van der Waals surface area contributed by atoms with E-state index in [1.807, 2.05) is 17.0 Å². The maximum Gasteiger partial charge on any atom is 0.258 e. The maximum absolute atomic E-state index is 13.0. The first-order valence-corrected chi connectivity index (χ1v) is 11.5. The van der Waals surface area contributed by atoms with Crippen LogP contribution in [0, 0.1) is 0 Å². The van der Waals surface area contributed by atoms with E-state index in [0.717, 1.165) is 29.8 Å². The number of rotatable bonds is 5. The van der Waals surface area contributed by atoms with Crippen molar-refractivity contribution < 1.29 is 18.0 Å². The highest BCUT2D eigenvalue weighted by Gasteiger charge is 2.28. The highest BCUT2D eigenvalue weighted by molar-refractivity contribution is 7.89. The quantitative estimate of drug-likeness (QED) is 0.733. The second-order valence-electron chi connectivity index (χ2n) is 7.90. The van der Waals surface area contributed by atoms with E-state index in [4.69, 9.17) is 0 Å². The molecule has 0 saturated carbocycles. The summed E-state index contributed by atoms with van der Waals surface area (Å²) in [5.74, 6) is 0.0697. The van der Waals surface area contributed by atoms with Gasteiger partial charge in [0.1, 0.15) is 0 Å². The molecule has 30 heavy (non-hydrogen) atoms. The molecule has 158 valence electrons. The number of amides is 2. The minimum atomic E-state index is -3.51. The lowest BCUT2D eigenvalue weighted by Gasteiger charge is -2.19. The Morgan fingerprint density at radius 3 is 2.40 bits per heavy atom. The molecule has 0 spiro atoms.